The van der Waals surface area contributed by atoms with Crippen molar-refractivity contribution in [3.05, 3.63) is 65.7 Å². The van der Waals surface area contributed by atoms with Crippen molar-refractivity contribution in [1.29, 1.82) is 0 Å². The first kappa shape index (κ1) is 17.8. The summed E-state index contributed by atoms with van der Waals surface area (Å²) in [6.45, 7) is 3.23. The van der Waals surface area contributed by atoms with Gasteiger partial charge in [-0.25, -0.2) is 0 Å². The highest BCUT2D eigenvalue weighted by molar-refractivity contribution is 6.00. The quantitative estimate of drug-likeness (QED) is 0.784. The van der Waals surface area contributed by atoms with Gasteiger partial charge in [-0.2, -0.15) is 0 Å². The molecular weight excluding hydrogens is 336 g/mol. The van der Waals surface area contributed by atoms with E-state index >= 15 is 0 Å². The van der Waals surface area contributed by atoms with Gasteiger partial charge in [0, 0.05) is 31.2 Å². The third-order valence-electron chi connectivity index (χ3n) is 5.60. The van der Waals surface area contributed by atoms with Gasteiger partial charge in [0.1, 0.15) is 0 Å². The largest absolute Gasteiger partial charge is 0.335 e. The fourth-order valence-electron chi connectivity index (χ4n) is 3.97. The number of aryl methyl sites for hydroxylation is 1. The number of carbonyl (C=O) groups excluding carboxylic acids is 2. The summed E-state index contributed by atoms with van der Waals surface area (Å²) in [5.74, 6) is -0.0531. The molecule has 0 spiro atoms. The van der Waals surface area contributed by atoms with Crippen molar-refractivity contribution < 1.29 is 9.59 Å². The summed E-state index contributed by atoms with van der Waals surface area (Å²) in [4.78, 5) is 29.8. The highest BCUT2D eigenvalue weighted by Crippen LogP contribution is 2.34. The smallest absolute Gasteiger partial charge is 0.228 e. The second-order valence-electron chi connectivity index (χ2n) is 7.57. The van der Waals surface area contributed by atoms with Crippen LogP contribution in [0.15, 0.2) is 54.6 Å². The van der Waals surface area contributed by atoms with Crippen molar-refractivity contribution in [2.24, 2.45) is 5.92 Å². The summed E-state index contributed by atoms with van der Waals surface area (Å²) in [5.41, 5.74) is 3.26. The number of carbonyl (C=O) groups is 2. The van der Waals surface area contributed by atoms with Crippen LogP contribution in [0.3, 0.4) is 0 Å². The van der Waals surface area contributed by atoms with Crippen LogP contribution in [0.1, 0.15) is 37.3 Å². The van der Waals surface area contributed by atoms with E-state index < -0.39 is 0 Å². The van der Waals surface area contributed by atoms with Crippen LogP contribution < -0.4 is 4.90 Å². The second kappa shape index (κ2) is 7.55. The van der Waals surface area contributed by atoms with E-state index in [1.807, 2.05) is 46.2 Å². The van der Waals surface area contributed by atoms with Crippen molar-refractivity contribution in [3.63, 3.8) is 0 Å². The molecule has 2 aliphatic rings. The molecule has 1 aliphatic heterocycles. The molecule has 4 heteroatoms. The van der Waals surface area contributed by atoms with Crippen LogP contribution in [-0.2, 0) is 22.6 Å². The molecule has 0 radical (unpaired) electrons. The normalized spacial score (nSPS) is 19.4. The first-order chi connectivity index (χ1) is 13.2. The van der Waals surface area contributed by atoms with Crippen molar-refractivity contribution in [2.75, 3.05) is 11.4 Å². The van der Waals surface area contributed by atoms with Crippen LogP contribution in [0.25, 0.3) is 0 Å². The Morgan fingerprint density at radius 1 is 1.07 bits per heavy atom. The van der Waals surface area contributed by atoms with Crippen molar-refractivity contribution in [1.82, 2.24) is 4.90 Å². The fourth-order valence-corrected chi connectivity index (χ4v) is 3.97. The average Bonchev–Trinajstić information content (AvgIpc) is 3.48. The van der Waals surface area contributed by atoms with E-state index in [1.54, 1.807) is 0 Å². The van der Waals surface area contributed by atoms with Crippen LogP contribution in [0.2, 0.25) is 0 Å². The van der Waals surface area contributed by atoms with Crippen LogP contribution in [0, 0.1) is 5.92 Å². The maximum Gasteiger partial charge on any atom is 0.228 e. The number of rotatable bonds is 6. The first-order valence-corrected chi connectivity index (χ1v) is 9.90. The Morgan fingerprint density at radius 3 is 2.48 bits per heavy atom. The van der Waals surface area contributed by atoms with Gasteiger partial charge in [-0.05, 0) is 36.5 Å². The van der Waals surface area contributed by atoms with Crippen molar-refractivity contribution in [3.8, 4) is 0 Å². The number of anilines is 1. The minimum absolute atomic E-state index is 0.0599. The lowest BCUT2D eigenvalue weighted by Crippen LogP contribution is -2.38. The summed E-state index contributed by atoms with van der Waals surface area (Å²) in [6.07, 6.45) is 3.33. The predicted octanol–water partition coefficient (Wildman–Crippen LogP) is 3.79. The molecule has 0 aromatic heterocycles. The van der Waals surface area contributed by atoms with Gasteiger partial charge >= 0.3 is 0 Å². The van der Waals surface area contributed by atoms with Gasteiger partial charge in [0.15, 0.2) is 0 Å². The molecule has 2 amide bonds. The molecule has 1 aliphatic carbocycles. The molecule has 1 unspecified atom stereocenters. The van der Waals surface area contributed by atoms with E-state index in [1.165, 1.54) is 0 Å². The van der Waals surface area contributed by atoms with Gasteiger partial charge in [0.2, 0.25) is 11.8 Å². The Kier molecular flexibility index (Phi) is 4.97. The molecule has 1 atom stereocenters. The molecule has 4 nitrogen and oxygen atoms in total. The van der Waals surface area contributed by atoms with E-state index in [0.29, 0.717) is 25.6 Å². The standard InChI is InChI=1S/C23H26N2O2/c1-2-18-10-6-7-11-21(18)25-16-19(14-22(25)26)23(27)24(20-12-13-20)15-17-8-4-3-5-9-17/h3-11,19-20H,2,12-16H2,1H3. The molecule has 1 saturated carbocycles. The Bertz CT molecular complexity index is 829. The lowest BCUT2D eigenvalue weighted by atomic mass is 10.1. The Balaban J connectivity index is 1.51. The topological polar surface area (TPSA) is 40.6 Å². The summed E-state index contributed by atoms with van der Waals surface area (Å²) in [5, 5.41) is 0. The molecular formula is C23H26N2O2. The van der Waals surface area contributed by atoms with Gasteiger partial charge in [-0.1, -0.05) is 55.5 Å². The maximum absolute atomic E-state index is 13.3. The maximum atomic E-state index is 13.3. The zero-order valence-corrected chi connectivity index (χ0v) is 15.8. The van der Waals surface area contributed by atoms with Crippen LogP contribution in [-0.4, -0.2) is 29.3 Å². The minimum atomic E-state index is -0.244. The fraction of sp³-hybridized carbons (Fsp3) is 0.391. The van der Waals surface area contributed by atoms with Gasteiger partial charge in [0.25, 0.3) is 0 Å². The lowest BCUT2D eigenvalue weighted by molar-refractivity contribution is -0.137. The number of hydrogen-bond donors (Lipinski definition) is 0. The van der Waals surface area contributed by atoms with E-state index in [2.05, 4.69) is 25.1 Å². The number of benzene rings is 2. The molecule has 0 N–H and O–H groups in total. The van der Waals surface area contributed by atoms with E-state index in [9.17, 15) is 9.59 Å². The van der Waals surface area contributed by atoms with Gasteiger partial charge < -0.3 is 9.80 Å². The molecule has 1 heterocycles. The number of nitrogens with zero attached hydrogens (tertiary/aromatic N) is 2. The molecule has 27 heavy (non-hydrogen) atoms. The molecule has 1 saturated heterocycles. The zero-order valence-electron chi connectivity index (χ0n) is 15.8. The summed E-state index contributed by atoms with van der Waals surface area (Å²) in [7, 11) is 0. The van der Waals surface area contributed by atoms with Crippen LogP contribution >= 0.6 is 0 Å². The Labute approximate surface area is 160 Å². The van der Waals surface area contributed by atoms with E-state index in [-0.39, 0.29) is 17.7 Å². The SMILES string of the molecule is CCc1ccccc1N1CC(C(=O)N(Cc2ccccc2)C2CC2)CC1=O. The second-order valence-corrected chi connectivity index (χ2v) is 7.57. The van der Waals surface area contributed by atoms with Crippen molar-refractivity contribution in [2.45, 2.75) is 45.2 Å². The van der Waals surface area contributed by atoms with Crippen LogP contribution in [0.5, 0.6) is 0 Å². The number of hydrogen-bond acceptors (Lipinski definition) is 2. The van der Waals surface area contributed by atoms with Gasteiger partial charge in [0.05, 0.1) is 5.92 Å². The highest BCUT2D eigenvalue weighted by Gasteiger charge is 2.41. The monoisotopic (exact) mass is 362 g/mol. The minimum Gasteiger partial charge on any atom is -0.335 e. The molecule has 2 aromatic rings. The summed E-state index contributed by atoms with van der Waals surface area (Å²) < 4.78 is 0. The predicted molar refractivity (Wildman–Crippen MR) is 106 cm³/mol. The highest BCUT2D eigenvalue weighted by atomic mass is 16.2. The number of amides is 2. The molecule has 4 rings (SSSR count). The average molecular weight is 362 g/mol. The third-order valence-corrected chi connectivity index (χ3v) is 5.60. The molecule has 140 valence electrons. The summed E-state index contributed by atoms with van der Waals surface area (Å²) >= 11 is 0. The zero-order chi connectivity index (χ0) is 18.8. The van der Waals surface area contributed by atoms with E-state index in [4.69, 9.17) is 0 Å². The first-order valence-electron chi connectivity index (χ1n) is 9.90. The van der Waals surface area contributed by atoms with E-state index in [0.717, 1.165) is 36.1 Å². The Hall–Kier alpha value is -2.62. The lowest BCUT2D eigenvalue weighted by Gasteiger charge is -2.26. The van der Waals surface area contributed by atoms with Crippen molar-refractivity contribution >= 4 is 17.5 Å². The molecule has 0 bridgehead atoms. The number of para-hydroxylation sites is 1. The Morgan fingerprint density at radius 2 is 1.78 bits per heavy atom. The molecule has 2 fully saturated rings. The van der Waals surface area contributed by atoms with Gasteiger partial charge in [-0.3, -0.25) is 9.59 Å². The van der Waals surface area contributed by atoms with Gasteiger partial charge in [-0.15, -0.1) is 0 Å². The third kappa shape index (κ3) is 3.75. The summed E-state index contributed by atoms with van der Waals surface area (Å²) in [6, 6.07) is 18.5. The van der Waals surface area contributed by atoms with Crippen LogP contribution in [0.4, 0.5) is 5.69 Å². The molecule has 2 aromatic carbocycles.